The van der Waals surface area contributed by atoms with Crippen LogP contribution in [-0.4, -0.2) is 16.7 Å². The highest BCUT2D eigenvalue weighted by atomic mass is 14.7. The summed E-state index contributed by atoms with van der Waals surface area (Å²) in [6, 6.07) is 45.2. The van der Waals surface area contributed by atoms with Crippen molar-refractivity contribution in [3.05, 3.63) is 186 Å². The van der Waals surface area contributed by atoms with Gasteiger partial charge in [0.1, 0.15) is 0 Å². The largest absolute Gasteiger partial charge is 0.264 e. The molecule has 2 aromatic heterocycles. The zero-order valence-corrected chi connectivity index (χ0v) is 25.8. The third-order valence-electron chi connectivity index (χ3n) is 8.96. The van der Waals surface area contributed by atoms with E-state index in [1.54, 1.807) is 0 Å². The van der Waals surface area contributed by atoms with Crippen LogP contribution >= 0.6 is 0 Å². The molecule has 0 amide bonds. The number of hydrogen-bond donors (Lipinski definition) is 0. The maximum atomic E-state index is 4.64. The Morgan fingerprint density at radius 1 is 0.574 bits per heavy atom. The van der Waals surface area contributed by atoms with Crippen molar-refractivity contribution < 1.29 is 0 Å². The number of rotatable bonds is 6. The Bertz CT molecular complexity index is 2280. The predicted molar refractivity (Wildman–Crippen MR) is 197 cm³/mol. The first-order valence-electron chi connectivity index (χ1n) is 15.8. The molecule has 0 aliphatic heterocycles. The van der Waals surface area contributed by atoms with E-state index in [1.165, 1.54) is 22.3 Å². The van der Waals surface area contributed by atoms with Crippen LogP contribution in [0.2, 0.25) is 0 Å². The zero-order chi connectivity index (χ0) is 31.6. The second kappa shape index (κ2) is 12.3. The number of hydrogen-bond acceptors (Lipinski definition) is 3. The van der Waals surface area contributed by atoms with Gasteiger partial charge in [-0.1, -0.05) is 103 Å². The summed E-state index contributed by atoms with van der Waals surface area (Å²) in [7, 11) is 0. The molecule has 0 atom stereocenters. The zero-order valence-electron chi connectivity index (χ0n) is 25.8. The lowest BCUT2D eigenvalue weighted by Crippen LogP contribution is -2.02. The molecular formula is C44H31N3. The average Bonchev–Trinajstić information content (AvgIpc) is 3.15. The number of aliphatic imine (C=N–C) groups is 1. The molecule has 5 aromatic carbocycles. The topological polar surface area (TPSA) is 38.1 Å². The highest BCUT2D eigenvalue weighted by molar-refractivity contribution is 6.02. The lowest BCUT2D eigenvalue weighted by molar-refractivity contribution is 1.17. The molecule has 7 aromatic rings. The highest BCUT2D eigenvalue weighted by Crippen LogP contribution is 2.42. The first kappa shape index (κ1) is 28.3. The maximum absolute atomic E-state index is 4.64. The molecule has 0 unspecified atom stereocenters. The van der Waals surface area contributed by atoms with Crippen LogP contribution in [0, 0.1) is 0 Å². The van der Waals surface area contributed by atoms with Gasteiger partial charge in [0.15, 0.2) is 0 Å². The van der Waals surface area contributed by atoms with E-state index in [0.29, 0.717) is 0 Å². The molecule has 0 fully saturated rings. The van der Waals surface area contributed by atoms with Gasteiger partial charge in [0.05, 0.1) is 5.69 Å². The van der Waals surface area contributed by atoms with Gasteiger partial charge in [0.2, 0.25) is 0 Å². The first-order valence-corrected chi connectivity index (χ1v) is 15.8. The van der Waals surface area contributed by atoms with Gasteiger partial charge in [0.25, 0.3) is 0 Å². The number of benzene rings is 5. The Morgan fingerprint density at radius 2 is 1.26 bits per heavy atom. The molecule has 8 rings (SSSR count). The fraction of sp³-hybridized carbons (Fsp3) is 0.0227. The molecule has 1 aliphatic rings. The summed E-state index contributed by atoms with van der Waals surface area (Å²) in [6.07, 6.45) is 12.8. The Hall–Kier alpha value is -6.19. The summed E-state index contributed by atoms with van der Waals surface area (Å²) < 4.78 is 0. The average molecular weight is 602 g/mol. The van der Waals surface area contributed by atoms with Gasteiger partial charge in [-0.25, -0.2) is 0 Å². The standard InChI is InChI=1S/C44H31N3/c1-45-44-41-16-5-4-10-31(41)19-20-42(44)43(35-18-17-30-9-2-3-11-32(30)23-35)34-13-6-12-33(24-34)38-25-39(36-14-7-21-46-28-36)27-40(26-38)37-15-8-22-47-29-37/h2-22,24-29H,1,23H2/b43-35-. The third-order valence-corrected chi connectivity index (χ3v) is 8.96. The van der Waals surface area contributed by atoms with E-state index >= 15 is 0 Å². The molecule has 1 aliphatic carbocycles. The fourth-order valence-electron chi connectivity index (χ4n) is 6.67. The normalized spacial score (nSPS) is 13.3. The maximum Gasteiger partial charge on any atom is 0.0779 e. The van der Waals surface area contributed by atoms with Gasteiger partial charge in [-0.2, -0.15) is 0 Å². The summed E-state index contributed by atoms with van der Waals surface area (Å²) in [4.78, 5) is 13.4. The molecule has 0 bridgehead atoms. The van der Waals surface area contributed by atoms with Crippen molar-refractivity contribution in [1.29, 1.82) is 0 Å². The second-order valence-corrected chi connectivity index (χ2v) is 11.8. The van der Waals surface area contributed by atoms with Crippen molar-refractivity contribution in [3.8, 4) is 33.4 Å². The van der Waals surface area contributed by atoms with Crippen molar-refractivity contribution in [2.24, 2.45) is 4.99 Å². The van der Waals surface area contributed by atoms with E-state index in [-0.39, 0.29) is 0 Å². The third kappa shape index (κ3) is 5.49. The van der Waals surface area contributed by atoms with Crippen LogP contribution in [0.15, 0.2) is 169 Å². The highest BCUT2D eigenvalue weighted by Gasteiger charge is 2.20. The minimum atomic E-state index is 0.831. The Balaban J connectivity index is 1.34. The summed E-state index contributed by atoms with van der Waals surface area (Å²) in [5, 5.41) is 2.25. The van der Waals surface area contributed by atoms with Crippen LogP contribution in [0.3, 0.4) is 0 Å². The number of allylic oxidation sites excluding steroid dienone is 2. The van der Waals surface area contributed by atoms with Gasteiger partial charge < -0.3 is 0 Å². The van der Waals surface area contributed by atoms with Crippen molar-refractivity contribution in [2.75, 3.05) is 0 Å². The summed E-state index contributed by atoms with van der Waals surface area (Å²) >= 11 is 0. The minimum Gasteiger partial charge on any atom is -0.264 e. The fourth-order valence-corrected chi connectivity index (χ4v) is 6.67. The van der Waals surface area contributed by atoms with Crippen LogP contribution < -0.4 is 0 Å². The van der Waals surface area contributed by atoms with Crippen LogP contribution in [0.5, 0.6) is 0 Å². The lowest BCUT2D eigenvalue weighted by atomic mass is 9.83. The molecule has 2 heterocycles. The smallest absolute Gasteiger partial charge is 0.0779 e. The molecule has 222 valence electrons. The van der Waals surface area contributed by atoms with Crippen molar-refractivity contribution >= 4 is 34.8 Å². The van der Waals surface area contributed by atoms with Crippen LogP contribution in [0.4, 0.5) is 5.69 Å². The monoisotopic (exact) mass is 601 g/mol. The van der Waals surface area contributed by atoms with Crippen molar-refractivity contribution in [3.63, 3.8) is 0 Å². The van der Waals surface area contributed by atoms with E-state index in [1.807, 2.05) is 36.9 Å². The number of nitrogens with zero attached hydrogens (tertiary/aromatic N) is 3. The van der Waals surface area contributed by atoms with Gasteiger partial charge in [-0.3, -0.25) is 15.0 Å². The molecule has 0 saturated carbocycles. The molecule has 47 heavy (non-hydrogen) atoms. The summed E-state index contributed by atoms with van der Waals surface area (Å²) in [5.74, 6) is 0. The number of pyridine rings is 2. The summed E-state index contributed by atoms with van der Waals surface area (Å²) in [5.41, 5.74) is 14.7. The van der Waals surface area contributed by atoms with E-state index in [2.05, 4.69) is 149 Å². The molecule has 0 radical (unpaired) electrons. The van der Waals surface area contributed by atoms with Gasteiger partial charge >= 0.3 is 0 Å². The van der Waals surface area contributed by atoms with E-state index < -0.39 is 0 Å². The molecule has 0 saturated heterocycles. The van der Waals surface area contributed by atoms with E-state index in [4.69, 9.17) is 0 Å². The second-order valence-electron chi connectivity index (χ2n) is 11.8. The van der Waals surface area contributed by atoms with Gasteiger partial charge in [-0.15, -0.1) is 0 Å². The lowest BCUT2D eigenvalue weighted by Gasteiger charge is -2.21. The molecule has 0 N–H and O–H groups in total. The Morgan fingerprint density at radius 3 is 1.98 bits per heavy atom. The SMILES string of the molecule is C=Nc1c(/C(=C2/C=Cc3ccccc3C2)c2cccc(-c3cc(-c4cccnc4)cc(-c4cccnc4)c3)c2)ccc2ccccc12. The number of aromatic nitrogens is 2. The quantitative estimate of drug-likeness (QED) is 0.178. The van der Waals surface area contributed by atoms with Crippen LogP contribution in [-0.2, 0) is 6.42 Å². The molecule has 0 spiro atoms. The molecular weight excluding hydrogens is 571 g/mol. The Kier molecular flexibility index (Phi) is 7.41. The first-order chi connectivity index (χ1) is 23.2. The Labute approximate surface area is 275 Å². The van der Waals surface area contributed by atoms with Crippen molar-refractivity contribution in [2.45, 2.75) is 6.42 Å². The van der Waals surface area contributed by atoms with Crippen molar-refractivity contribution in [1.82, 2.24) is 9.97 Å². The van der Waals surface area contributed by atoms with Gasteiger partial charge in [0, 0.05) is 46.9 Å². The molecule has 3 nitrogen and oxygen atoms in total. The van der Waals surface area contributed by atoms with E-state index in [0.717, 1.165) is 67.4 Å². The number of fused-ring (bicyclic) bond motifs is 2. The van der Waals surface area contributed by atoms with Crippen LogP contribution in [0.25, 0.3) is 55.8 Å². The van der Waals surface area contributed by atoms with E-state index in [9.17, 15) is 0 Å². The summed E-state index contributed by atoms with van der Waals surface area (Å²) in [6.45, 7) is 4.04. The van der Waals surface area contributed by atoms with Crippen LogP contribution in [0.1, 0.15) is 22.3 Å². The minimum absolute atomic E-state index is 0.831. The van der Waals surface area contributed by atoms with Gasteiger partial charge in [-0.05, 0) is 105 Å². The predicted octanol–water partition coefficient (Wildman–Crippen LogP) is 11.0. The molecule has 3 heteroatoms.